The minimum Gasteiger partial charge on any atom is -0.307 e. The maximum atomic E-state index is 5.63. The molecular formula is C17H16N2S3. The quantitative estimate of drug-likeness (QED) is 0.516. The van der Waals surface area contributed by atoms with Gasteiger partial charge < -0.3 is 9.13 Å². The molecule has 0 bridgehead atoms. The molecule has 0 unspecified atom stereocenters. The van der Waals surface area contributed by atoms with Gasteiger partial charge in [0.2, 0.25) is 0 Å². The monoisotopic (exact) mass is 344 g/mol. The summed E-state index contributed by atoms with van der Waals surface area (Å²) in [4.78, 5) is 0. The van der Waals surface area contributed by atoms with Gasteiger partial charge in [-0.05, 0) is 23.3 Å². The van der Waals surface area contributed by atoms with Crippen molar-refractivity contribution in [1.82, 2.24) is 9.13 Å². The highest BCUT2D eigenvalue weighted by Crippen LogP contribution is 2.24. The van der Waals surface area contributed by atoms with E-state index in [1.54, 1.807) is 0 Å². The van der Waals surface area contributed by atoms with Gasteiger partial charge in [-0.3, -0.25) is 0 Å². The van der Waals surface area contributed by atoms with Gasteiger partial charge in [-0.25, -0.2) is 0 Å². The molecule has 0 aliphatic rings. The first kappa shape index (κ1) is 15.5. The lowest BCUT2D eigenvalue weighted by atomic mass is 10.2. The fourth-order valence-electron chi connectivity index (χ4n) is 2.39. The highest BCUT2D eigenvalue weighted by atomic mass is 32.1. The molecule has 0 aliphatic carbocycles. The molecule has 2 nitrogen and oxygen atoms in total. The first-order chi connectivity index (χ1) is 10.7. The topological polar surface area (TPSA) is 9.86 Å². The number of aromatic nitrogens is 2. The molecule has 0 saturated carbocycles. The van der Waals surface area contributed by atoms with Gasteiger partial charge in [0.15, 0.2) is 4.77 Å². The summed E-state index contributed by atoms with van der Waals surface area (Å²) in [6, 6.07) is 20.5. The predicted octanol–water partition coefficient (Wildman–Crippen LogP) is 4.69. The lowest BCUT2D eigenvalue weighted by Gasteiger charge is -2.06. The van der Waals surface area contributed by atoms with E-state index in [0.717, 1.165) is 14.8 Å². The van der Waals surface area contributed by atoms with Crippen molar-refractivity contribution in [2.24, 2.45) is 0 Å². The minimum absolute atomic E-state index is 0.702. The minimum atomic E-state index is 0.702. The molecule has 0 fully saturated rings. The maximum Gasteiger partial charge on any atom is 0.182 e. The fraction of sp³-hybridized carbons (Fsp3) is 0.118. The Bertz CT molecular complexity index is 752. The average Bonchev–Trinajstić information content (AvgIpc) is 2.75. The molecular weight excluding hydrogens is 328 g/mol. The van der Waals surface area contributed by atoms with Gasteiger partial charge in [-0.2, -0.15) is 0 Å². The van der Waals surface area contributed by atoms with Gasteiger partial charge in [0.05, 0.1) is 13.1 Å². The van der Waals surface area contributed by atoms with Gasteiger partial charge in [0.1, 0.15) is 10.1 Å². The summed E-state index contributed by atoms with van der Waals surface area (Å²) in [5, 5.41) is 1.60. The summed E-state index contributed by atoms with van der Waals surface area (Å²) < 4.78 is 4.76. The number of hydrogen-bond acceptors (Lipinski definition) is 3. The molecule has 0 amide bonds. The highest BCUT2D eigenvalue weighted by molar-refractivity contribution is 7.83. The molecule has 0 aliphatic heterocycles. The molecule has 1 heterocycles. The Kier molecular flexibility index (Phi) is 4.76. The molecule has 0 atom stereocenters. The van der Waals surface area contributed by atoms with Crippen LogP contribution in [-0.2, 0) is 13.1 Å². The second kappa shape index (κ2) is 6.77. The highest BCUT2D eigenvalue weighted by Gasteiger charge is 2.13. The molecule has 0 spiro atoms. The molecule has 2 aromatic carbocycles. The SMILES string of the molecule is S=c1n(Cc2ccccc2)c(S)c(S)n1Cc1ccccc1. The summed E-state index contributed by atoms with van der Waals surface area (Å²) in [7, 11) is 0. The molecule has 0 saturated heterocycles. The summed E-state index contributed by atoms with van der Waals surface area (Å²) in [5.74, 6) is 0. The van der Waals surface area contributed by atoms with E-state index < -0.39 is 0 Å². The van der Waals surface area contributed by atoms with Gasteiger partial charge >= 0.3 is 0 Å². The van der Waals surface area contributed by atoms with Crippen molar-refractivity contribution in [3.8, 4) is 0 Å². The third kappa shape index (κ3) is 3.16. The molecule has 3 aromatic rings. The van der Waals surface area contributed by atoms with Crippen LogP contribution in [0.15, 0.2) is 70.7 Å². The van der Waals surface area contributed by atoms with Crippen LogP contribution in [-0.4, -0.2) is 9.13 Å². The number of thiol groups is 2. The van der Waals surface area contributed by atoms with E-state index in [4.69, 9.17) is 12.2 Å². The van der Waals surface area contributed by atoms with E-state index in [0.29, 0.717) is 13.1 Å². The van der Waals surface area contributed by atoms with Crippen molar-refractivity contribution in [3.05, 3.63) is 76.6 Å². The Morgan fingerprint density at radius 3 is 1.41 bits per heavy atom. The summed E-state index contributed by atoms with van der Waals surface area (Å²) in [6.07, 6.45) is 0. The standard InChI is InChI=1S/C17H16N2S3/c20-15-16(21)19(12-14-9-5-2-6-10-14)17(22)18(15)11-13-7-3-1-4-8-13/h1-10,20-21H,11-12H2. The van der Waals surface area contributed by atoms with E-state index >= 15 is 0 Å². The van der Waals surface area contributed by atoms with Crippen LogP contribution in [0.2, 0.25) is 0 Å². The van der Waals surface area contributed by atoms with Gasteiger partial charge in [-0.15, -0.1) is 25.3 Å². The van der Waals surface area contributed by atoms with Crippen LogP contribution >= 0.6 is 37.5 Å². The zero-order valence-corrected chi connectivity index (χ0v) is 14.5. The Balaban J connectivity index is 1.96. The van der Waals surface area contributed by atoms with Crippen LogP contribution in [0.1, 0.15) is 11.1 Å². The van der Waals surface area contributed by atoms with Crippen molar-refractivity contribution in [2.75, 3.05) is 0 Å². The van der Waals surface area contributed by atoms with E-state index in [2.05, 4.69) is 49.5 Å². The molecule has 0 radical (unpaired) electrons. The van der Waals surface area contributed by atoms with E-state index in [-0.39, 0.29) is 0 Å². The van der Waals surface area contributed by atoms with Crippen LogP contribution in [0.4, 0.5) is 0 Å². The van der Waals surface area contributed by atoms with Crippen LogP contribution in [0.25, 0.3) is 0 Å². The first-order valence-electron chi connectivity index (χ1n) is 6.96. The maximum absolute atomic E-state index is 5.63. The smallest absolute Gasteiger partial charge is 0.182 e. The zero-order chi connectivity index (χ0) is 15.5. The summed E-state index contributed by atoms with van der Waals surface area (Å²) >= 11 is 14.8. The largest absolute Gasteiger partial charge is 0.307 e. The number of benzene rings is 2. The normalized spacial score (nSPS) is 10.8. The number of hydrogen-bond donors (Lipinski definition) is 2. The Morgan fingerprint density at radius 1 is 0.682 bits per heavy atom. The Labute approximate surface area is 146 Å². The van der Waals surface area contributed by atoms with Crippen molar-refractivity contribution in [3.63, 3.8) is 0 Å². The molecule has 1 aromatic heterocycles. The van der Waals surface area contributed by atoms with Crippen molar-refractivity contribution >= 4 is 37.5 Å². The third-order valence-corrected chi connectivity index (χ3v) is 5.06. The molecule has 0 N–H and O–H groups in total. The van der Waals surface area contributed by atoms with Gasteiger partial charge in [0, 0.05) is 0 Å². The molecule has 3 rings (SSSR count). The summed E-state index contributed by atoms with van der Waals surface area (Å²) in [6.45, 7) is 1.40. The van der Waals surface area contributed by atoms with Gasteiger partial charge in [-0.1, -0.05) is 60.7 Å². The average molecular weight is 345 g/mol. The van der Waals surface area contributed by atoms with Crippen LogP contribution < -0.4 is 0 Å². The second-order valence-corrected chi connectivity index (χ2v) is 6.29. The van der Waals surface area contributed by atoms with Crippen molar-refractivity contribution in [1.29, 1.82) is 0 Å². The number of imidazole rings is 1. The lowest BCUT2D eigenvalue weighted by Crippen LogP contribution is -2.04. The first-order valence-corrected chi connectivity index (χ1v) is 8.26. The van der Waals surface area contributed by atoms with Crippen LogP contribution in [0.3, 0.4) is 0 Å². The van der Waals surface area contributed by atoms with Crippen molar-refractivity contribution in [2.45, 2.75) is 23.1 Å². The lowest BCUT2D eigenvalue weighted by molar-refractivity contribution is 0.683. The molecule has 112 valence electrons. The number of nitrogens with zero attached hydrogens (tertiary/aromatic N) is 2. The molecule has 22 heavy (non-hydrogen) atoms. The van der Waals surface area contributed by atoms with E-state index in [1.807, 2.05) is 45.5 Å². The zero-order valence-electron chi connectivity index (χ0n) is 11.9. The molecule has 5 heteroatoms. The fourth-order valence-corrected chi connectivity index (χ4v) is 3.40. The van der Waals surface area contributed by atoms with Crippen LogP contribution in [0, 0.1) is 4.77 Å². The number of rotatable bonds is 4. The second-order valence-electron chi connectivity index (χ2n) is 5.07. The third-order valence-electron chi connectivity index (χ3n) is 3.54. The summed E-state index contributed by atoms with van der Waals surface area (Å²) in [5.41, 5.74) is 2.39. The van der Waals surface area contributed by atoms with E-state index in [1.165, 1.54) is 11.1 Å². The predicted molar refractivity (Wildman–Crippen MR) is 98.8 cm³/mol. The van der Waals surface area contributed by atoms with Crippen molar-refractivity contribution < 1.29 is 0 Å². The van der Waals surface area contributed by atoms with E-state index in [9.17, 15) is 0 Å². The van der Waals surface area contributed by atoms with Crippen LogP contribution in [0.5, 0.6) is 0 Å². The Morgan fingerprint density at radius 2 is 1.05 bits per heavy atom. The van der Waals surface area contributed by atoms with Gasteiger partial charge in [0.25, 0.3) is 0 Å². The Hall–Kier alpha value is -1.43.